The zero-order chi connectivity index (χ0) is 14.8. The van der Waals surface area contributed by atoms with Crippen molar-refractivity contribution in [2.45, 2.75) is 25.3 Å². The fourth-order valence-electron chi connectivity index (χ4n) is 2.58. The average molecular weight is 301 g/mol. The lowest BCUT2D eigenvalue weighted by Gasteiger charge is -2.19. The largest absolute Gasteiger partial charge is 0.356 e. The topological polar surface area (TPSA) is 52.0 Å². The average Bonchev–Trinajstić information content (AvgIpc) is 2.90. The summed E-state index contributed by atoms with van der Waals surface area (Å²) in [6, 6.07) is 15.7. The first-order chi connectivity index (χ1) is 10.1. The molecule has 3 nitrogen and oxygen atoms in total. The highest BCUT2D eigenvalue weighted by atomic mass is 35.5. The Morgan fingerprint density at radius 3 is 2.57 bits per heavy atom. The van der Waals surface area contributed by atoms with Gasteiger partial charge >= 0.3 is 0 Å². The number of fused-ring (bicyclic) bond motifs is 1. The van der Waals surface area contributed by atoms with Crippen molar-refractivity contribution in [3.8, 4) is 0 Å². The van der Waals surface area contributed by atoms with Crippen LogP contribution in [0.25, 0.3) is 11.0 Å². The van der Waals surface area contributed by atoms with Crippen LogP contribution in [-0.4, -0.2) is 11.2 Å². The third-order valence-electron chi connectivity index (χ3n) is 3.76. The molecule has 21 heavy (non-hydrogen) atoms. The predicted molar refractivity (Wildman–Crippen MR) is 85.6 cm³/mol. The molecule has 0 aliphatic rings. The summed E-state index contributed by atoms with van der Waals surface area (Å²) in [5.74, 6) is 0.106. The van der Waals surface area contributed by atoms with Crippen molar-refractivity contribution in [2.75, 3.05) is 0 Å². The van der Waals surface area contributed by atoms with Gasteiger partial charge < -0.3 is 10.3 Å². The van der Waals surface area contributed by atoms with Crippen LogP contribution in [-0.2, 0) is 6.42 Å². The maximum absolute atomic E-state index is 6.19. The molecule has 0 spiro atoms. The second-order valence-corrected chi connectivity index (χ2v) is 5.80. The Morgan fingerprint density at radius 2 is 1.86 bits per heavy atom. The number of benzene rings is 2. The van der Waals surface area contributed by atoms with Gasteiger partial charge in [0.25, 0.3) is 0 Å². The van der Waals surface area contributed by atoms with E-state index in [0.717, 1.165) is 28.1 Å². The third kappa shape index (κ3) is 2.94. The molecule has 1 heterocycles. The van der Waals surface area contributed by atoms with Gasteiger partial charge in [0.2, 0.25) is 0 Å². The molecule has 2 atom stereocenters. The summed E-state index contributed by atoms with van der Waals surface area (Å²) in [6.45, 7) is 2.00. The number of hydrogen-bond donors (Lipinski definition) is 1. The molecule has 0 unspecified atom stereocenters. The molecule has 2 N–H and O–H groups in total. The standard InChI is InChI=1S/C17H17ClN2O/c1-11(19)15(10-12-6-8-13(18)9-7-12)17-14-4-2-3-5-16(14)21-20-17/h2-9,11,15H,10,19H2,1H3/t11-,15-/m0/s1. The summed E-state index contributed by atoms with van der Waals surface area (Å²) in [4.78, 5) is 0. The van der Waals surface area contributed by atoms with Gasteiger partial charge in [0.15, 0.2) is 5.58 Å². The Kier molecular flexibility index (Phi) is 3.95. The minimum atomic E-state index is -0.0193. The second kappa shape index (κ2) is 5.88. The van der Waals surface area contributed by atoms with Gasteiger partial charge in [0.1, 0.15) is 0 Å². The van der Waals surface area contributed by atoms with Gasteiger partial charge in [-0.1, -0.05) is 41.0 Å². The number of nitrogens with zero attached hydrogens (tertiary/aromatic N) is 1. The number of nitrogens with two attached hydrogens (primary N) is 1. The van der Waals surface area contributed by atoms with E-state index in [0.29, 0.717) is 0 Å². The normalized spacial score (nSPS) is 14.2. The van der Waals surface area contributed by atoms with E-state index >= 15 is 0 Å². The SMILES string of the molecule is C[C@H](N)[C@H](Cc1ccc(Cl)cc1)c1noc2ccccc12. The van der Waals surface area contributed by atoms with Crippen LogP contribution in [0.3, 0.4) is 0 Å². The second-order valence-electron chi connectivity index (χ2n) is 5.36. The molecule has 0 saturated carbocycles. The van der Waals surface area contributed by atoms with Crippen molar-refractivity contribution in [3.63, 3.8) is 0 Å². The van der Waals surface area contributed by atoms with Gasteiger partial charge in [-0.3, -0.25) is 0 Å². The van der Waals surface area contributed by atoms with Crippen molar-refractivity contribution in [2.24, 2.45) is 5.73 Å². The summed E-state index contributed by atoms with van der Waals surface area (Å²) in [5.41, 5.74) is 9.10. The highest BCUT2D eigenvalue weighted by Gasteiger charge is 2.23. The fraction of sp³-hybridized carbons (Fsp3) is 0.235. The highest BCUT2D eigenvalue weighted by Crippen LogP contribution is 2.29. The van der Waals surface area contributed by atoms with Crippen LogP contribution in [0.15, 0.2) is 53.1 Å². The number of para-hydroxylation sites is 1. The zero-order valence-electron chi connectivity index (χ0n) is 11.8. The lowest BCUT2D eigenvalue weighted by Crippen LogP contribution is -2.26. The molecule has 1 aromatic heterocycles. The number of halogens is 1. The Bertz CT molecular complexity index is 734. The summed E-state index contributed by atoms with van der Waals surface area (Å²) < 4.78 is 5.41. The van der Waals surface area contributed by atoms with Crippen LogP contribution >= 0.6 is 11.6 Å². The Hall–Kier alpha value is -1.84. The van der Waals surface area contributed by atoms with E-state index in [2.05, 4.69) is 5.16 Å². The molecule has 0 aliphatic heterocycles. The van der Waals surface area contributed by atoms with Crippen LogP contribution in [0, 0.1) is 0 Å². The van der Waals surface area contributed by atoms with Gasteiger partial charge in [0.05, 0.1) is 5.69 Å². The Labute approximate surface area is 128 Å². The molecule has 0 saturated heterocycles. The minimum Gasteiger partial charge on any atom is -0.356 e. The number of hydrogen-bond acceptors (Lipinski definition) is 3. The van der Waals surface area contributed by atoms with E-state index in [1.807, 2.05) is 55.5 Å². The summed E-state index contributed by atoms with van der Waals surface area (Å²) in [6.07, 6.45) is 0.811. The highest BCUT2D eigenvalue weighted by molar-refractivity contribution is 6.30. The maximum Gasteiger partial charge on any atom is 0.167 e. The smallest absolute Gasteiger partial charge is 0.167 e. The van der Waals surface area contributed by atoms with Crippen molar-refractivity contribution >= 4 is 22.6 Å². The van der Waals surface area contributed by atoms with Crippen LogP contribution in [0.2, 0.25) is 5.02 Å². The summed E-state index contributed by atoms with van der Waals surface area (Å²) in [7, 11) is 0. The van der Waals surface area contributed by atoms with E-state index in [1.165, 1.54) is 5.56 Å². The zero-order valence-corrected chi connectivity index (χ0v) is 12.5. The van der Waals surface area contributed by atoms with Crippen LogP contribution in [0.5, 0.6) is 0 Å². The maximum atomic E-state index is 6.19. The number of rotatable bonds is 4. The molecule has 0 radical (unpaired) electrons. The van der Waals surface area contributed by atoms with Crippen molar-refractivity contribution in [3.05, 3.63) is 64.8 Å². The van der Waals surface area contributed by atoms with Gasteiger partial charge in [-0.05, 0) is 43.2 Å². The van der Waals surface area contributed by atoms with E-state index in [1.54, 1.807) is 0 Å². The molecule has 0 bridgehead atoms. The fourth-order valence-corrected chi connectivity index (χ4v) is 2.70. The molecule has 0 aliphatic carbocycles. The summed E-state index contributed by atoms with van der Waals surface area (Å²) in [5, 5.41) is 6.02. The predicted octanol–water partition coefficient (Wildman–Crippen LogP) is 4.15. The minimum absolute atomic E-state index is 0.0193. The molecular formula is C17H17ClN2O. The monoisotopic (exact) mass is 300 g/mol. The number of aromatic nitrogens is 1. The van der Waals surface area contributed by atoms with E-state index < -0.39 is 0 Å². The van der Waals surface area contributed by atoms with Gasteiger partial charge in [-0.2, -0.15) is 0 Å². The quantitative estimate of drug-likeness (QED) is 0.787. The van der Waals surface area contributed by atoms with Crippen molar-refractivity contribution in [1.29, 1.82) is 0 Å². The lowest BCUT2D eigenvalue weighted by atomic mass is 9.89. The lowest BCUT2D eigenvalue weighted by molar-refractivity contribution is 0.425. The van der Waals surface area contributed by atoms with Crippen LogP contribution in [0.1, 0.15) is 24.1 Å². The molecule has 0 amide bonds. The Balaban J connectivity index is 1.96. The molecule has 0 fully saturated rings. The molecule has 3 aromatic rings. The van der Waals surface area contributed by atoms with Gasteiger partial charge in [-0.25, -0.2) is 0 Å². The van der Waals surface area contributed by atoms with Crippen molar-refractivity contribution < 1.29 is 4.52 Å². The molecule has 4 heteroatoms. The molecule has 3 rings (SSSR count). The first-order valence-electron chi connectivity index (χ1n) is 6.99. The van der Waals surface area contributed by atoms with Crippen LogP contribution in [0.4, 0.5) is 0 Å². The van der Waals surface area contributed by atoms with E-state index in [9.17, 15) is 0 Å². The third-order valence-corrected chi connectivity index (χ3v) is 4.01. The van der Waals surface area contributed by atoms with Crippen molar-refractivity contribution in [1.82, 2.24) is 5.16 Å². The summed E-state index contributed by atoms with van der Waals surface area (Å²) >= 11 is 5.94. The Morgan fingerprint density at radius 1 is 1.14 bits per heavy atom. The van der Waals surface area contributed by atoms with Gasteiger partial charge in [-0.15, -0.1) is 0 Å². The van der Waals surface area contributed by atoms with Gasteiger partial charge in [0, 0.05) is 22.4 Å². The molecular weight excluding hydrogens is 284 g/mol. The first-order valence-corrected chi connectivity index (χ1v) is 7.37. The van der Waals surface area contributed by atoms with Crippen LogP contribution < -0.4 is 5.73 Å². The molecule has 2 aromatic carbocycles. The van der Waals surface area contributed by atoms with E-state index in [-0.39, 0.29) is 12.0 Å². The van der Waals surface area contributed by atoms with E-state index in [4.69, 9.17) is 21.9 Å². The first kappa shape index (κ1) is 14.1. The molecule has 108 valence electrons.